The van der Waals surface area contributed by atoms with Crippen LogP contribution in [0.15, 0.2) is 29.1 Å². The van der Waals surface area contributed by atoms with E-state index in [2.05, 4.69) is 35.1 Å². The van der Waals surface area contributed by atoms with Gasteiger partial charge < -0.3 is 5.32 Å². The van der Waals surface area contributed by atoms with Crippen LogP contribution < -0.4 is 21.7 Å². The summed E-state index contributed by atoms with van der Waals surface area (Å²) >= 11 is 5.10. The number of hydrogen-bond acceptors (Lipinski definition) is 4. The molecule has 2 rings (SSSR count). The van der Waals surface area contributed by atoms with Gasteiger partial charge in [0.1, 0.15) is 0 Å². The third kappa shape index (κ3) is 5.01. The Balaban J connectivity index is 2.32. The van der Waals surface area contributed by atoms with E-state index < -0.39 is 5.91 Å². The van der Waals surface area contributed by atoms with Crippen LogP contribution in [0.2, 0.25) is 0 Å². The van der Waals surface area contributed by atoms with Gasteiger partial charge in [-0.15, -0.1) is 0 Å². The molecule has 1 heterocycles. The molecule has 8 heteroatoms. The fourth-order valence-corrected chi connectivity index (χ4v) is 2.69. The summed E-state index contributed by atoms with van der Waals surface area (Å²) in [5.41, 5.74) is 5.18. The number of carbonyl (C=O) groups excluding carboxylic acids is 1. The Kier molecular flexibility index (Phi) is 6.68. The topological polar surface area (TPSA) is 88.1 Å². The minimum Gasteiger partial charge on any atom is -0.359 e. The van der Waals surface area contributed by atoms with Crippen molar-refractivity contribution in [1.29, 1.82) is 0 Å². The zero-order chi connectivity index (χ0) is 19.3. The Labute approximate surface area is 158 Å². The smallest absolute Gasteiger partial charge is 0.290 e. The maximum absolute atomic E-state index is 12.6. The monoisotopic (exact) mass is 375 g/mol. The van der Waals surface area contributed by atoms with Gasteiger partial charge in [-0.2, -0.15) is 5.10 Å². The SMILES string of the molecule is CC(C)CCn1nc(C(=O)NNC(=S)NC(C)C)c2ccccc2c1=O. The zero-order valence-corrected chi connectivity index (χ0v) is 16.3. The van der Waals surface area contributed by atoms with Gasteiger partial charge in [0.05, 0.1) is 5.39 Å². The molecule has 140 valence electrons. The highest BCUT2D eigenvalue weighted by Crippen LogP contribution is 2.13. The molecule has 0 spiro atoms. The summed E-state index contributed by atoms with van der Waals surface area (Å²) in [5.74, 6) is -0.0269. The average molecular weight is 375 g/mol. The second kappa shape index (κ2) is 8.75. The van der Waals surface area contributed by atoms with E-state index in [1.54, 1.807) is 24.3 Å². The van der Waals surface area contributed by atoms with E-state index in [4.69, 9.17) is 12.2 Å². The molecule has 7 nitrogen and oxygen atoms in total. The molecular formula is C18H25N5O2S. The number of hydrogen-bond donors (Lipinski definition) is 3. The summed E-state index contributed by atoms with van der Waals surface area (Å²) < 4.78 is 1.36. The molecule has 0 aliphatic carbocycles. The number of amides is 1. The third-order valence-electron chi connectivity index (χ3n) is 3.71. The fraction of sp³-hybridized carbons (Fsp3) is 0.444. The lowest BCUT2D eigenvalue weighted by atomic mass is 10.1. The standard InChI is InChI=1S/C18H25N5O2S/c1-11(2)9-10-23-17(25)14-8-6-5-7-13(14)15(22-23)16(24)20-21-18(26)19-12(3)4/h5-8,11-12H,9-10H2,1-4H3,(H,20,24)(H2,19,21,26). The minimum atomic E-state index is -0.451. The summed E-state index contributed by atoms with van der Waals surface area (Å²) in [7, 11) is 0. The Morgan fingerprint density at radius 3 is 2.42 bits per heavy atom. The summed E-state index contributed by atoms with van der Waals surface area (Å²) in [5, 5.41) is 8.57. The van der Waals surface area contributed by atoms with Gasteiger partial charge in [-0.3, -0.25) is 20.4 Å². The summed E-state index contributed by atoms with van der Waals surface area (Å²) in [6, 6.07) is 7.12. The summed E-state index contributed by atoms with van der Waals surface area (Å²) in [6.45, 7) is 8.49. The number of nitrogens with one attached hydrogen (secondary N) is 3. The van der Waals surface area contributed by atoms with Gasteiger partial charge in [0.25, 0.3) is 11.5 Å². The van der Waals surface area contributed by atoms with Gasteiger partial charge in [-0.1, -0.05) is 32.0 Å². The van der Waals surface area contributed by atoms with Gasteiger partial charge >= 0.3 is 0 Å². The highest BCUT2D eigenvalue weighted by molar-refractivity contribution is 7.80. The second-order valence-corrected chi connectivity index (χ2v) is 7.22. The van der Waals surface area contributed by atoms with E-state index >= 15 is 0 Å². The quantitative estimate of drug-likeness (QED) is 0.547. The summed E-state index contributed by atoms with van der Waals surface area (Å²) in [6.07, 6.45) is 0.799. The molecule has 0 aliphatic heterocycles. The maximum Gasteiger partial charge on any atom is 0.290 e. The van der Waals surface area contributed by atoms with E-state index in [0.29, 0.717) is 28.3 Å². The van der Waals surface area contributed by atoms with Crippen LogP contribution in [0.3, 0.4) is 0 Å². The molecule has 0 saturated carbocycles. The summed E-state index contributed by atoms with van der Waals surface area (Å²) in [4.78, 5) is 25.2. The van der Waals surface area contributed by atoms with Crippen LogP contribution in [0.25, 0.3) is 10.8 Å². The molecule has 0 atom stereocenters. The molecule has 0 aliphatic rings. The molecule has 0 saturated heterocycles. The Hall–Kier alpha value is -2.48. The van der Waals surface area contributed by atoms with Crippen LogP contribution in [-0.4, -0.2) is 26.8 Å². The lowest BCUT2D eigenvalue weighted by Crippen LogP contribution is -2.49. The van der Waals surface area contributed by atoms with Gasteiger partial charge in [-0.25, -0.2) is 4.68 Å². The largest absolute Gasteiger partial charge is 0.359 e. The second-order valence-electron chi connectivity index (χ2n) is 6.81. The Bertz CT molecular complexity index is 860. The average Bonchev–Trinajstić information content (AvgIpc) is 2.58. The van der Waals surface area contributed by atoms with Gasteiger partial charge in [-0.05, 0) is 44.5 Å². The molecule has 1 aromatic carbocycles. The predicted molar refractivity (Wildman–Crippen MR) is 107 cm³/mol. The Morgan fingerprint density at radius 1 is 1.15 bits per heavy atom. The number of aryl methyl sites for hydroxylation is 1. The van der Waals surface area contributed by atoms with Gasteiger partial charge in [0.15, 0.2) is 10.8 Å². The first-order valence-electron chi connectivity index (χ1n) is 8.66. The van der Waals surface area contributed by atoms with E-state index in [1.807, 2.05) is 13.8 Å². The number of aromatic nitrogens is 2. The van der Waals surface area contributed by atoms with Crippen LogP contribution in [0.4, 0.5) is 0 Å². The van der Waals surface area contributed by atoms with Crippen molar-refractivity contribution in [3.05, 3.63) is 40.3 Å². The molecule has 0 unspecified atom stereocenters. The Morgan fingerprint density at radius 2 is 1.81 bits per heavy atom. The van der Waals surface area contributed by atoms with Gasteiger partial charge in [0, 0.05) is 18.0 Å². The molecule has 3 N–H and O–H groups in total. The fourth-order valence-electron chi connectivity index (χ4n) is 2.41. The first-order chi connectivity index (χ1) is 12.3. The zero-order valence-electron chi connectivity index (χ0n) is 15.5. The maximum atomic E-state index is 12.6. The normalized spacial score (nSPS) is 11.0. The number of nitrogens with zero attached hydrogens (tertiary/aromatic N) is 2. The lowest BCUT2D eigenvalue weighted by Gasteiger charge is -2.15. The van der Waals surface area contributed by atoms with E-state index in [-0.39, 0.29) is 17.3 Å². The van der Waals surface area contributed by atoms with Crippen molar-refractivity contribution in [2.75, 3.05) is 0 Å². The van der Waals surface area contributed by atoms with Crippen molar-refractivity contribution in [3.8, 4) is 0 Å². The van der Waals surface area contributed by atoms with Crippen LogP contribution >= 0.6 is 12.2 Å². The van der Waals surface area contributed by atoms with Crippen molar-refractivity contribution < 1.29 is 4.79 Å². The first kappa shape index (κ1) is 19.8. The van der Waals surface area contributed by atoms with E-state index in [1.165, 1.54) is 4.68 Å². The molecule has 2 aromatic rings. The van der Waals surface area contributed by atoms with Crippen molar-refractivity contribution >= 4 is 34.0 Å². The third-order valence-corrected chi connectivity index (χ3v) is 3.93. The van der Waals surface area contributed by atoms with Crippen molar-refractivity contribution in [2.45, 2.75) is 46.7 Å². The molecule has 26 heavy (non-hydrogen) atoms. The number of fused-ring (bicyclic) bond motifs is 1. The first-order valence-corrected chi connectivity index (χ1v) is 9.07. The number of benzene rings is 1. The minimum absolute atomic E-state index is 0.142. The molecule has 0 bridgehead atoms. The molecule has 1 amide bonds. The van der Waals surface area contributed by atoms with Crippen LogP contribution in [-0.2, 0) is 6.54 Å². The molecule has 1 aromatic heterocycles. The highest BCUT2D eigenvalue weighted by Gasteiger charge is 2.17. The number of hydrazine groups is 1. The van der Waals surface area contributed by atoms with E-state index in [9.17, 15) is 9.59 Å². The van der Waals surface area contributed by atoms with Crippen LogP contribution in [0.1, 0.15) is 44.6 Å². The number of carbonyl (C=O) groups is 1. The lowest BCUT2D eigenvalue weighted by molar-refractivity contribution is 0.0938. The van der Waals surface area contributed by atoms with Crippen molar-refractivity contribution in [2.24, 2.45) is 5.92 Å². The van der Waals surface area contributed by atoms with Gasteiger partial charge in [0.2, 0.25) is 0 Å². The van der Waals surface area contributed by atoms with Crippen molar-refractivity contribution in [3.63, 3.8) is 0 Å². The molecular weight excluding hydrogens is 350 g/mol. The van der Waals surface area contributed by atoms with Crippen molar-refractivity contribution in [1.82, 2.24) is 25.9 Å². The number of thiocarbonyl (C=S) groups is 1. The molecule has 0 fully saturated rings. The number of rotatable bonds is 5. The molecule has 0 radical (unpaired) electrons. The van der Waals surface area contributed by atoms with E-state index in [0.717, 1.165) is 6.42 Å². The van der Waals surface area contributed by atoms with Crippen LogP contribution in [0, 0.1) is 5.92 Å². The predicted octanol–water partition coefficient (Wildman–Crippen LogP) is 1.96. The highest BCUT2D eigenvalue weighted by atomic mass is 32.1. The van der Waals surface area contributed by atoms with Crippen LogP contribution in [0.5, 0.6) is 0 Å².